The van der Waals surface area contributed by atoms with Crippen molar-refractivity contribution in [2.75, 3.05) is 30.9 Å². The maximum Gasteiger partial charge on any atom is 0.230 e. The Morgan fingerprint density at radius 3 is 2.52 bits per heavy atom. The number of anilines is 2. The average molecular weight is 314 g/mol. The van der Waals surface area contributed by atoms with Gasteiger partial charge in [0.1, 0.15) is 0 Å². The van der Waals surface area contributed by atoms with Gasteiger partial charge in [-0.15, -0.1) is 0 Å². The third kappa shape index (κ3) is 4.41. The molecular formula is C14H24ClN5O. The minimum absolute atomic E-state index is 0.151. The number of halogens is 1. The highest BCUT2D eigenvalue weighted by atomic mass is 35.5. The second-order valence-corrected chi connectivity index (χ2v) is 6.39. The van der Waals surface area contributed by atoms with Gasteiger partial charge in [-0.2, -0.15) is 15.0 Å². The Labute approximate surface area is 131 Å². The van der Waals surface area contributed by atoms with Crippen LogP contribution in [0.1, 0.15) is 39.0 Å². The largest absolute Gasteiger partial charge is 0.388 e. The third-order valence-corrected chi connectivity index (χ3v) is 4.35. The van der Waals surface area contributed by atoms with E-state index in [-0.39, 0.29) is 5.28 Å². The number of hydrogen-bond donors (Lipinski definition) is 2. The van der Waals surface area contributed by atoms with Gasteiger partial charge in [0.25, 0.3) is 0 Å². The zero-order chi connectivity index (χ0) is 15.5. The zero-order valence-electron chi connectivity index (χ0n) is 12.9. The van der Waals surface area contributed by atoms with Crippen molar-refractivity contribution in [1.29, 1.82) is 0 Å². The lowest BCUT2D eigenvalue weighted by Crippen LogP contribution is -2.40. The van der Waals surface area contributed by atoms with Gasteiger partial charge in [-0.05, 0) is 43.2 Å². The van der Waals surface area contributed by atoms with Crippen molar-refractivity contribution in [1.82, 2.24) is 15.0 Å². The molecule has 21 heavy (non-hydrogen) atoms. The van der Waals surface area contributed by atoms with E-state index in [0.29, 0.717) is 18.4 Å². The second-order valence-electron chi connectivity index (χ2n) is 6.05. The Morgan fingerprint density at radius 1 is 1.29 bits per heavy atom. The topological polar surface area (TPSA) is 74.2 Å². The van der Waals surface area contributed by atoms with Gasteiger partial charge in [0, 0.05) is 20.6 Å². The van der Waals surface area contributed by atoms with Crippen LogP contribution in [0.15, 0.2) is 0 Å². The maximum absolute atomic E-state index is 10.6. The molecule has 1 fully saturated rings. The van der Waals surface area contributed by atoms with Crippen LogP contribution in [0.2, 0.25) is 5.28 Å². The number of hydrogen-bond acceptors (Lipinski definition) is 6. The van der Waals surface area contributed by atoms with Gasteiger partial charge in [0.2, 0.25) is 17.2 Å². The van der Waals surface area contributed by atoms with Crippen LogP contribution in [-0.2, 0) is 0 Å². The summed E-state index contributed by atoms with van der Waals surface area (Å²) >= 11 is 5.90. The van der Waals surface area contributed by atoms with Gasteiger partial charge >= 0.3 is 0 Å². The molecule has 0 radical (unpaired) electrons. The summed E-state index contributed by atoms with van der Waals surface area (Å²) in [4.78, 5) is 14.1. The molecule has 1 heterocycles. The number of nitrogens with one attached hydrogen (secondary N) is 1. The molecule has 7 heteroatoms. The summed E-state index contributed by atoms with van der Waals surface area (Å²) in [5.74, 6) is 1.65. The van der Waals surface area contributed by atoms with Gasteiger partial charge in [0.05, 0.1) is 5.60 Å². The highest BCUT2D eigenvalue weighted by Crippen LogP contribution is 2.33. The van der Waals surface area contributed by atoms with E-state index in [1.807, 2.05) is 14.1 Å². The molecule has 1 aliphatic rings. The number of aliphatic hydroxyl groups is 1. The lowest BCUT2D eigenvalue weighted by atomic mass is 9.78. The van der Waals surface area contributed by atoms with Crippen LogP contribution in [0.5, 0.6) is 0 Å². The molecule has 6 nitrogen and oxygen atoms in total. The first kappa shape index (κ1) is 16.2. The van der Waals surface area contributed by atoms with Crippen LogP contribution in [0.3, 0.4) is 0 Å². The lowest BCUT2D eigenvalue weighted by Gasteiger charge is -2.35. The second kappa shape index (κ2) is 6.75. The molecule has 0 unspecified atom stereocenters. The Bertz CT molecular complexity index is 474. The van der Waals surface area contributed by atoms with Crippen LogP contribution in [0.4, 0.5) is 11.9 Å². The van der Waals surface area contributed by atoms with Gasteiger partial charge in [-0.3, -0.25) is 0 Å². The van der Waals surface area contributed by atoms with Crippen LogP contribution in [0, 0.1) is 5.92 Å². The average Bonchev–Trinajstić information content (AvgIpc) is 2.45. The molecule has 118 valence electrons. The van der Waals surface area contributed by atoms with Crippen LogP contribution < -0.4 is 10.2 Å². The summed E-state index contributed by atoms with van der Waals surface area (Å²) in [6.45, 7) is 2.65. The van der Waals surface area contributed by atoms with E-state index in [2.05, 4.69) is 27.2 Å². The van der Waals surface area contributed by atoms with Crippen LogP contribution >= 0.6 is 11.6 Å². The van der Waals surface area contributed by atoms with Gasteiger partial charge in [-0.25, -0.2) is 0 Å². The third-order valence-electron chi connectivity index (χ3n) is 4.19. The predicted octanol–water partition coefficient (Wildman–Crippen LogP) is 2.33. The maximum atomic E-state index is 10.6. The van der Waals surface area contributed by atoms with Crippen molar-refractivity contribution < 1.29 is 5.11 Å². The molecule has 1 aliphatic carbocycles. The number of aromatic nitrogens is 3. The summed E-state index contributed by atoms with van der Waals surface area (Å²) in [7, 11) is 3.68. The van der Waals surface area contributed by atoms with E-state index in [9.17, 15) is 5.11 Å². The molecule has 0 bridgehead atoms. The minimum Gasteiger partial charge on any atom is -0.388 e. The number of rotatable bonds is 5. The molecule has 1 aromatic rings. The molecule has 0 atom stereocenters. The standard InChI is InChI=1S/C14H24ClN5O/c1-4-10-5-7-14(21,8-6-10)9-16-12-17-11(15)18-13(19-12)20(2)3/h10,21H,4-9H2,1-3H3,(H,16,17,18,19). The van der Waals surface area contributed by atoms with Crippen molar-refractivity contribution in [3.05, 3.63) is 5.28 Å². The van der Waals surface area contributed by atoms with Crippen LogP contribution in [0.25, 0.3) is 0 Å². The molecule has 0 amide bonds. The Morgan fingerprint density at radius 2 is 1.95 bits per heavy atom. The van der Waals surface area contributed by atoms with E-state index in [1.165, 1.54) is 6.42 Å². The first-order chi connectivity index (χ1) is 9.92. The molecular weight excluding hydrogens is 290 g/mol. The van der Waals surface area contributed by atoms with E-state index < -0.39 is 5.60 Å². The normalized spacial score (nSPS) is 25.7. The molecule has 0 saturated heterocycles. The summed E-state index contributed by atoms with van der Waals surface area (Å²) < 4.78 is 0. The summed E-state index contributed by atoms with van der Waals surface area (Å²) in [5, 5.41) is 13.9. The quantitative estimate of drug-likeness (QED) is 0.869. The van der Waals surface area contributed by atoms with E-state index >= 15 is 0 Å². The van der Waals surface area contributed by atoms with Gasteiger partial charge in [-0.1, -0.05) is 13.3 Å². The predicted molar refractivity (Wildman–Crippen MR) is 84.9 cm³/mol. The first-order valence-electron chi connectivity index (χ1n) is 7.47. The zero-order valence-corrected chi connectivity index (χ0v) is 13.7. The summed E-state index contributed by atoms with van der Waals surface area (Å²) in [6.07, 6.45) is 4.99. The molecule has 0 aliphatic heterocycles. The summed E-state index contributed by atoms with van der Waals surface area (Å²) in [6, 6.07) is 0. The molecule has 2 N–H and O–H groups in total. The fourth-order valence-corrected chi connectivity index (χ4v) is 2.82. The van der Waals surface area contributed by atoms with E-state index in [4.69, 9.17) is 11.6 Å². The van der Waals surface area contributed by atoms with Crippen molar-refractivity contribution in [2.24, 2.45) is 5.92 Å². The summed E-state index contributed by atoms with van der Waals surface area (Å²) in [5.41, 5.74) is -0.678. The molecule has 2 rings (SSSR count). The van der Waals surface area contributed by atoms with Crippen molar-refractivity contribution in [3.8, 4) is 0 Å². The first-order valence-corrected chi connectivity index (χ1v) is 7.85. The molecule has 0 aromatic carbocycles. The van der Waals surface area contributed by atoms with Gasteiger partial charge < -0.3 is 15.3 Å². The highest BCUT2D eigenvalue weighted by molar-refractivity contribution is 6.28. The van der Waals surface area contributed by atoms with Crippen LogP contribution in [-0.4, -0.2) is 46.3 Å². The monoisotopic (exact) mass is 313 g/mol. The van der Waals surface area contributed by atoms with E-state index in [1.54, 1.807) is 4.90 Å². The van der Waals surface area contributed by atoms with Crippen molar-refractivity contribution in [3.63, 3.8) is 0 Å². The van der Waals surface area contributed by atoms with E-state index in [0.717, 1.165) is 31.6 Å². The minimum atomic E-state index is -0.678. The Kier molecular flexibility index (Phi) is 5.22. The Hall–Kier alpha value is -1.14. The molecule has 0 spiro atoms. The lowest BCUT2D eigenvalue weighted by molar-refractivity contribution is 0.00216. The number of nitrogens with zero attached hydrogens (tertiary/aromatic N) is 4. The fourth-order valence-electron chi connectivity index (χ4n) is 2.66. The molecule has 1 saturated carbocycles. The Balaban J connectivity index is 1.96. The van der Waals surface area contributed by atoms with Crippen molar-refractivity contribution >= 4 is 23.5 Å². The fraction of sp³-hybridized carbons (Fsp3) is 0.786. The smallest absolute Gasteiger partial charge is 0.230 e. The highest BCUT2D eigenvalue weighted by Gasteiger charge is 2.32. The van der Waals surface area contributed by atoms with Crippen molar-refractivity contribution in [2.45, 2.75) is 44.6 Å². The SMILES string of the molecule is CCC1CCC(O)(CNc2nc(Cl)nc(N(C)C)n2)CC1. The molecule has 1 aromatic heterocycles. The van der Waals surface area contributed by atoms with Gasteiger partial charge in [0.15, 0.2) is 0 Å².